The van der Waals surface area contributed by atoms with Crippen molar-refractivity contribution in [1.29, 1.82) is 0 Å². The van der Waals surface area contributed by atoms with Gasteiger partial charge in [0.2, 0.25) is 0 Å². The molecule has 156 valence electrons. The summed E-state index contributed by atoms with van der Waals surface area (Å²) in [4.78, 5) is 14.1. The third-order valence-corrected chi connectivity index (χ3v) is 6.46. The number of hydrogen-bond acceptors (Lipinski definition) is 6. The summed E-state index contributed by atoms with van der Waals surface area (Å²) < 4.78 is 0. The van der Waals surface area contributed by atoms with Crippen molar-refractivity contribution in [2.75, 3.05) is 23.3 Å². The fourth-order valence-electron chi connectivity index (χ4n) is 3.87. The molecular weight excluding hydrogens is 406 g/mol. The van der Waals surface area contributed by atoms with Crippen molar-refractivity contribution < 1.29 is 5.11 Å². The number of pyridine rings is 1. The molecule has 31 heavy (non-hydrogen) atoms. The van der Waals surface area contributed by atoms with Gasteiger partial charge in [-0.3, -0.25) is 0 Å². The minimum atomic E-state index is -1.28. The van der Waals surface area contributed by atoms with E-state index in [-0.39, 0.29) is 0 Å². The summed E-state index contributed by atoms with van der Waals surface area (Å²) >= 11 is 1.40. The van der Waals surface area contributed by atoms with E-state index in [9.17, 15) is 5.11 Å². The van der Waals surface area contributed by atoms with Crippen LogP contribution in [0, 0.1) is 11.8 Å². The molecule has 1 fully saturated rings. The molecule has 3 N–H and O–H groups in total. The summed E-state index contributed by atoms with van der Waals surface area (Å²) in [7, 11) is 0. The Hall–Kier alpha value is -3.34. The van der Waals surface area contributed by atoms with Crippen molar-refractivity contribution in [3.8, 4) is 11.8 Å². The second kappa shape index (κ2) is 8.06. The molecule has 6 nitrogen and oxygen atoms in total. The van der Waals surface area contributed by atoms with E-state index in [1.165, 1.54) is 24.2 Å². The van der Waals surface area contributed by atoms with Crippen molar-refractivity contribution in [3.63, 3.8) is 0 Å². The van der Waals surface area contributed by atoms with E-state index in [0.717, 1.165) is 46.7 Å². The standard InChI is InChI=1S/C24H23N5OS/c1-24(30,23-27-12-15-31-23)9-6-17-4-5-21(29-13-2-3-14-29)20(16-17)28-19-8-11-26-22-18(19)7-10-25-22/h4-5,7-8,10-12,15-16,30H,2-3,13-14H2,1H3,(H2,25,26,28). The molecule has 1 aliphatic heterocycles. The van der Waals surface area contributed by atoms with Crippen LogP contribution in [0.15, 0.2) is 54.3 Å². The lowest BCUT2D eigenvalue weighted by Crippen LogP contribution is -2.19. The van der Waals surface area contributed by atoms with Gasteiger partial charge in [0.25, 0.3) is 0 Å². The molecule has 0 saturated carbocycles. The predicted molar refractivity (Wildman–Crippen MR) is 126 cm³/mol. The Morgan fingerprint density at radius 2 is 2.00 bits per heavy atom. The Bertz CT molecular complexity index is 1260. The topological polar surface area (TPSA) is 77.1 Å². The number of aliphatic hydroxyl groups is 1. The lowest BCUT2D eigenvalue weighted by Gasteiger charge is -2.22. The lowest BCUT2D eigenvalue weighted by molar-refractivity contribution is 0.122. The van der Waals surface area contributed by atoms with Crippen molar-refractivity contribution in [3.05, 3.63) is 64.9 Å². The highest BCUT2D eigenvalue weighted by Gasteiger charge is 2.23. The highest BCUT2D eigenvalue weighted by molar-refractivity contribution is 7.09. The zero-order valence-corrected chi connectivity index (χ0v) is 18.0. The summed E-state index contributed by atoms with van der Waals surface area (Å²) in [6, 6.07) is 10.2. The Balaban J connectivity index is 1.52. The Morgan fingerprint density at radius 1 is 1.13 bits per heavy atom. The van der Waals surface area contributed by atoms with Crippen LogP contribution in [0.1, 0.15) is 30.3 Å². The number of thiazole rings is 1. The molecule has 0 bridgehead atoms. The molecule has 4 aromatic rings. The number of hydrogen-bond donors (Lipinski definition) is 3. The summed E-state index contributed by atoms with van der Waals surface area (Å²) in [5.74, 6) is 6.12. The number of nitrogens with zero attached hydrogens (tertiary/aromatic N) is 3. The molecule has 0 radical (unpaired) electrons. The summed E-state index contributed by atoms with van der Waals surface area (Å²) in [5, 5.41) is 17.8. The van der Waals surface area contributed by atoms with Gasteiger partial charge in [0, 0.05) is 48.0 Å². The molecule has 1 unspecified atom stereocenters. The smallest absolute Gasteiger partial charge is 0.174 e. The zero-order valence-electron chi connectivity index (χ0n) is 17.2. The number of fused-ring (bicyclic) bond motifs is 1. The van der Waals surface area contributed by atoms with Gasteiger partial charge < -0.3 is 20.3 Å². The number of H-pyrrole nitrogens is 1. The van der Waals surface area contributed by atoms with E-state index < -0.39 is 5.60 Å². The maximum absolute atomic E-state index is 10.7. The average Bonchev–Trinajstić information content (AvgIpc) is 3.55. The molecule has 1 aromatic carbocycles. The maximum atomic E-state index is 10.7. The fourth-order valence-corrected chi connectivity index (χ4v) is 4.53. The van der Waals surface area contributed by atoms with Crippen molar-refractivity contribution in [2.24, 2.45) is 0 Å². The first-order valence-corrected chi connectivity index (χ1v) is 11.2. The minimum Gasteiger partial charge on any atom is -0.371 e. The Labute approximate surface area is 185 Å². The van der Waals surface area contributed by atoms with E-state index in [1.807, 2.05) is 29.8 Å². The molecule has 5 rings (SSSR count). The van der Waals surface area contributed by atoms with Crippen LogP contribution in [0.2, 0.25) is 0 Å². The van der Waals surface area contributed by atoms with E-state index in [4.69, 9.17) is 0 Å². The Morgan fingerprint density at radius 3 is 2.81 bits per heavy atom. The Kier molecular flexibility index (Phi) is 5.10. The van der Waals surface area contributed by atoms with Crippen LogP contribution in [0.3, 0.4) is 0 Å². The SMILES string of the molecule is CC(O)(C#Cc1ccc(N2CCCC2)c(Nc2ccnc3[nH]ccc23)c1)c1nccs1. The van der Waals surface area contributed by atoms with E-state index in [1.54, 1.807) is 19.3 Å². The summed E-state index contributed by atoms with van der Waals surface area (Å²) in [6.07, 6.45) is 7.78. The molecule has 0 spiro atoms. The van der Waals surface area contributed by atoms with Crippen LogP contribution in [-0.4, -0.2) is 33.1 Å². The monoisotopic (exact) mass is 429 g/mol. The van der Waals surface area contributed by atoms with Crippen LogP contribution in [0.5, 0.6) is 0 Å². The second-order valence-corrected chi connectivity index (χ2v) is 8.70. The molecular formula is C24H23N5OS. The van der Waals surface area contributed by atoms with E-state index >= 15 is 0 Å². The quantitative estimate of drug-likeness (QED) is 0.413. The third kappa shape index (κ3) is 4.00. The van der Waals surface area contributed by atoms with Gasteiger partial charge in [0.15, 0.2) is 5.60 Å². The number of benzene rings is 1. The van der Waals surface area contributed by atoms with Crippen molar-refractivity contribution >= 4 is 39.4 Å². The van der Waals surface area contributed by atoms with Crippen LogP contribution in [-0.2, 0) is 5.60 Å². The number of nitrogens with one attached hydrogen (secondary N) is 2. The molecule has 7 heteroatoms. The maximum Gasteiger partial charge on any atom is 0.174 e. The summed E-state index contributed by atoms with van der Waals surface area (Å²) in [5.41, 5.74) is 3.56. The zero-order chi connectivity index (χ0) is 21.3. The van der Waals surface area contributed by atoms with Crippen LogP contribution < -0.4 is 10.2 Å². The molecule has 0 aliphatic carbocycles. The van der Waals surface area contributed by atoms with Gasteiger partial charge in [-0.05, 0) is 50.1 Å². The number of rotatable bonds is 4. The van der Waals surface area contributed by atoms with Crippen LogP contribution in [0.4, 0.5) is 17.1 Å². The summed E-state index contributed by atoms with van der Waals surface area (Å²) in [6.45, 7) is 3.78. The van der Waals surface area contributed by atoms with Gasteiger partial charge in [-0.1, -0.05) is 11.8 Å². The van der Waals surface area contributed by atoms with Gasteiger partial charge >= 0.3 is 0 Å². The first-order chi connectivity index (χ1) is 15.1. The van der Waals surface area contributed by atoms with Crippen molar-refractivity contribution in [1.82, 2.24) is 15.0 Å². The molecule has 1 atom stereocenters. The first kappa shape index (κ1) is 19.6. The van der Waals surface area contributed by atoms with Crippen LogP contribution in [0.25, 0.3) is 11.0 Å². The second-order valence-electron chi connectivity index (χ2n) is 7.81. The van der Waals surface area contributed by atoms with Gasteiger partial charge in [-0.25, -0.2) is 9.97 Å². The highest BCUT2D eigenvalue weighted by atomic mass is 32.1. The number of aromatic nitrogens is 3. The first-order valence-electron chi connectivity index (χ1n) is 10.3. The van der Waals surface area contributed by atoms with Crippen molar-refractivity contribution in [2.45, 2.75) is 25.4 Å². The van der Waals surface area contributed by atoms with Gasteiger partial charge in [0.1, 0.15) is 10.7 Å². The molecule has 1 aliphatic rings. The van der Waals surface area contributed by atoms with E-state index in [0.29, 0.717) is 5.01 Å². The molecule has 4 heterocycles. The third-order valence-electron chi connectivity index (χ3n) is 5.47. The average molecular weight is 430 g/mol. The molecule has 0 amide bonds. The van der Waals surface area contributed by atoms with E-state index in [2.05, 4.69) is 49.1 Å². The van der Waals surface area contributed by atoms with Gasteiger partial charge in [0.05, 0.1) is 17.1 Å². The normalized spacial score (nSPS) is 15.5. The highest BCUT2D eigenvalue weighted by Crippen LogP contribution is 2.34. The molecule has 1 saturated heterocycles. The minimum absolute atomic E-state index is 0.596. The number of aromatic amines is 1. The number of anilines is 3. The van der Waals surface area contributed by atoms with Crippen LogP contribution >= 0.6 is 11.3 Å². The predicted octanol–water partition coefficient (Wildman–Crippen LogP) is 4.62. The van der Waals surface area contributed by atoms with Gasteiger partial charge in [-0.15, -0.1) is 11.3 Å². The fraction of sp³-hybridized carbons (Fsp3) is 0.250. The molecule has 3 aromatic heterocycles. The largest absolute Gasteiger partial charge is 0.371 e. The van der Waals surface area contributed by atoms with Gasteiger partial charge in [-0.2, -0.15) is 0 Å². The lowest BCUT2D eigenvalue weighted by atomic mass is 10.1.